The van der Waals surface area contributed by atoms with E-state index < -0.39 is 12.6 Å². The second-order valence-electron chi connectivity index (χ2n) is 3.52. The fourth-order valence-electron chi connectivity index (χ4n) is 1.20. The van der Waals surface area contributed by atoms with Gasteiger partial charge >= 0.3 is 6.18 Å². The van der Waals surface area contributed by atoms with Crippen LogP contribution >= 0.6 is 0 Å². The number of halogens is 3. The first-order valence-electron chi connectivity index (χ1n) is 5.32. The predicted molar refractivity (Wildman–Crippen MR) is 53.9 cm³/mol. The summed E-state index contributed by atoms with van der Waals surface area (Å²) < 4.78 is 40.1. The molecular formula is C10H20F3NO. The number of ether oxygens (including phenoxy) is 1. The summed E-state index contributed by atoms with van der Waals surface area (Å²) in [6, 6.07) is 0. The molecule has 0 atom stereocenters. The monoisotopic (exact) mass is 227 g/mol. The average molecular weight is 227 g/mol. The quantitative estimate of drug-likeness (QED) is 0.611. The molecule has 0 heterocycles. The molecule has 92 valence electrons. The van der Waals surface area contributed by atoms with Gasteiger partial charge in [-0.2, -0.15) is 13.2 Å². The van der Waals surface area contributed by atoms with Gasteiger partial charge < -0.3 is 10.1 Å². The van der Waals surface area contributed by atoms with Crippen LogP contribution in [0.25, 0.3) is 0 Å². The molecule has 0 amide bonds. The van der Waals surface area contributed by atoms with Gasteiger partial charge in [0.25, 0.3) is 0 Å². The highest BCUT2D eigenvalue weighted by atomic mass is 19.4. The van der Waals surface area contributed by atoms with Crippen molar-refractivity contribution >= 4 is 0 Å². The molecule has 0 aromatic rings. The fraction of sp³-hybridized carbons (Fsp3) is 1.00. The first kappa shape index (κ1) is 14.7. The Morgan fingerprint density at radius 3 is 2.13 bits per heavy atom. The molecular weight excluding hydrogens is 207 g/mol. The van der Waals surface area contributed by atoms with Crippen LogP contribution in [0.15, 0.2) is 0 Å². The summed E-state index contributed by atoms with van der Waals surface area (Å²) in [4.78, 5) is 0. The van der Waals surface area contributed by atoms with Crippen LogP contribution in [0.4, 0.5) is 13.2 Å². The van der Waals surface area contributed by atoms with E-state index in [1.54, 1.807) is 7.11 Å². The molecule has 1 N–H and O–H groups in total. The van der Waals surface area contributed by atoms with Gasteiger partial charge in [-0.1, -0.05) is 0 Å². The van der Waals surface area contributed by atoms with Gasteiger partial charge in [-0.3, -0.25) is 0 Å². The normalized spacial score (nSPS) is 12.0. The average Bonchev–Trinajstić information content (AvgIpc) is 2.14. The Labute approximate surface area is 89.2 Å². The number of methoxy groups -OCH3 is 1. The number of hydrogen-bond donors (Lipinski definition) is 1. The third-order valence-electron chi connectivity index (χ3n) is 2.02. The summed E-state index contributed by atoms with van der Waals surface area (Å²) in [6.45, 7) is 2.27. The molecule has 2 nitrogen and oxygen atoms in total. The molecule has 0 radical (unpaired) electrons. The third kappa shape index (κ3) is 13.7. The van der Waals surface area contributed by atoms with E-state index in [1.807, 2.05) is 0 Å². The van der Waals surface area contributed by atoms with Gasteiger partial charge in [0.1, 0.15) is 0 Å². The molecule has 15 heavy (non-hydrogen) atoms. The minimum atomic E-state index is -4.00. The molecule has 0 aliphatic carbocycles. The number of alkyl halides is 3. The fourth-order valence-corrected chi connectivity index (χ4v) is 1.20. The van der Waals surface area contributed by atoms with Crippen LogP contribution in [0.5, 0.6) is 0 Å². The lowest BCUT2D eigenvalue weighted by atomic mass is 10.2. The van der Waals surface area contributed by atoms with Crippen molar-refractivity contribution < 1.29 is 17.9 Å². The molecule has 0 saturated heterocycles. The van der Waals surface area contributed by atoms with Crippen LogP contribution in [0, 0.1) is 0 Å². The Bertz CT molecular complexity index is 139. The van der Waals surface area contributed by atoms with Gasteiger partial charge in [-0.15, -0.1) is 0 Å². The molecule has 0 aliphatic heterocycles. The van der Waals surface area contributed by atoms with Crippen LogP contribution in [0.1, 0.15) is 32.1 Å². The van der Waals surface area contributed by atoms with Gasteiger partial charge in [0.15, 0.2) is 0 Å². The number of nitrogens with one attached hydrogen (secondary N) is 1. The van der Waals surface area contributed by atoms with E-state index in [2.05, 4.69) is 5.32 Å². The predicted octanol–water partition coefficient (Wildman–Crippen LogP) is 2.74. The van der Waals surface area contributed by atoms with E-state index in [9.17, 15) is 13.2 Å². The first-order chi connectivity index (χ1) is 7.06. The largest absolute Gasteiger partial charge is 0.389 e. The van der Waals surface area contributed by atoms with Crippen molar-refractivity contribution in [2.45, 2.75) is 38.3 Å². The summed E-state index contributed by atoms with van der Waals surface area (Å²) >= 11 is 0. The van der Waals surface area contributed by atoms with Gasteiger partial charge in [0.2, 0.25) is 0 Å². The van der Waals surface area contributed by atoms with Gasteiger partial charge in [-0.25, -0.2) is 0 Å². The van der Waals surface area contributed by atoms with E-state index >= 15 is 0 Å². The molecule has 0 aromatic heterocycles. The van der Waals surface area contributed by atoms with Crippen molar-refractivity contribution in [3.8, 4) is 0 Å². The van der Waals surface area contributed by atoms with Gasteiger partial charge in [0.05, 0.1) is 0 Å². The molecule has 0 bridgehead atoms. The highest BCUT2D eigenvalue weighted by Gasteiger charge is 2.25. The summed E-state index contributed by atoms with van der Waals surface area (Å²) in [5.74, 6) is 0. The van der Waals surface area contributed by atoms with Crippen LogP contribution in [0.2, 0.25) is 0 Å². The summed E-state index contributed by atoms with van der Waals surface area (Å²) in [5.41, 5.74) is 0. The molecule has 0 rings (SSSR count). The topological polar surface area (TPSA) is 21.3 Å². The highest BCUT2D eigenvalue weighted by Crippen LogP contribution is 2.21. The molecule has 0 aromatic carbocycles. The Balaban J connectivity index is 2.99. The zero-order chi connectivity index (χ0) is 11.6. The minimum absolute atomic E-state index is 0.217. The first-order valence-corrected chi connectivity index (χ1v) is 5.32. The van der Waals surface area contributed by atoms with Crippen molar-refractivity contribution in [3.05, 3.63) is 0 Å². The van der Waals surface area contributed by atoms with E-state index in [-0.39, 0.29) is 6.42 Å². The van der Waals surface area contributed by atoms with Crippen molar-refractivity contribution in [2.75, 3.05) is 26.8 Å². The zero-order valence-electron chi connectivity index (χ0n) is 9.20. The Morgan fingerprint density at radius 1 is 1.00 bits per heavy atom. The van der Waals surface area contributed by atoms with E-state index in [1.165, 1.54) is 0 Å². The maximum absolute atomic E-state index is 11.7. The van der Waals surface area contributed by atoms with Crippen LogP contribution in [-0.2, 0) is 4.74 Å². The van der Waals surface area contributed by atoms with Gasteiger partial charge in [0, 0.05) is 20.1 Å². The van der Waals surface area contributed by atoms with E-state index in [0.29, 0.717) is 13.0 Å². The Kier molecular flexibility index (Phi) is 8.80. The van der Waals surface area contributed by atoms with Crippen molar-refractivity contribution in [2.24, 2.45) is 0 Å². The van der Waals surface area contributed by atoms with Crippen molar-refractivity contribution in [1.29, 1.82) is 0 Å². The maximum Gasteiger partial charge on any atom is 0.389 e. The lowest BCUT2D eigenvalue weighted by Gasteiger charge is -2.06. The second kappa shape index (κ2) is 8.97. The molecule has 0 unspecified atom stereocenters. The van der Waals surface area contributed by atoms with Crippen LogP contribution in [-0.4, -0.2) is 33.0 Å². The summed E-state index contributed by atoms with van der Waals surface area (Å²) in [6.07, 6.45) is -1.87. The number of hydrogen-bond acceptors (Lipinski definition) is 2. The van der Waals surface area contributed by atoms with Crippen LogP contribution < -0.4 is 5.32 Å². The molecule has 0 spiro atoms. The SMILES string of the molecule is COCCCCNCCCCC(F)(F)F. The van der Waals surface area contributed by atoms with E-state index in [0.717, 1.165) is 26.0 Å². The van der Waals surface area contributed by atoms with Crippen LogP contribution in [0.3, 0.4) is 0 Å². The molecule has 5 heteroatoms. The Morgan fingerprint density at radius 2 is 1.60 bits per heavy atom. The standard InChI is InChI=1S/C10H20F3NO/c1-15-9-5-4-8-14-7-3-2-6-10(11,12)13/h14H,2-9H2,1H3. The summed E-state index contributed by atoms with van der Waals surface area (Å²) in [5, 5.41) is 3.11. The zero-order valence-corrected chi connectivity index (χ0v) is 9.20. The van der Waals surface area contributed by atoms with E-state index in [4.69, 9.17) is 4.74 Å². The second-order valence-corrected chi connectivity index (χ2v) is 3.52. The number of rotatable bonds is 9. The van der Waals surface area contributed by atoms with Gasteiger partial charge in [-0.05, 0) is 38.8 Å². The lowest BCUT2D eigenvalue weighted by Crippen LogP contribution is -2.17. The third-order valence-corrected chi connectivity index (χ3v) is 2.02. The molecule has 0 saturated carbocycles. The number of unbranched alkanes of at least 4 members (excludes halogenated alkanes) is 2. The molecule has 0 fully saturated rings. The minimum Gasteiger partial charge on any atom is -0.385 e. The maximum atomic E-state index is 11.7. The highest BCUT2D eigenvalue weighted by molar-refractivity contribution is 4.53. The van der Waals surface area contributed by atoms with Crippen molar-refractivity contribution in [3.63, 3.8) is 0 Å². The Hall–Kier alpha value is -0.290. The smallest absolute Gasteiger partial charge is 0.385 e. The van der Waals surface area contributed by atoms with Crippen molar-refractivity contribution in [1.82, 2.24) is 5.32 Å². The summed E-state index contributed by atoms with van der Waals surface area (Å²) in [7, 11) is 1.66. The molecule has 0 aliphatic rings. The lowest BCUT2D eigenvalue weighted by molar-refractivity contribution is -0.135.